The first-order chi connectivity index (χ1) is 13.0. The Bertz CT molecular complexity index is 868. The summed E-state index contributed by atoms with van der Waals surface area (Å²) in [7, 11) is 0. The van der Waals surface area contributed by atoms with Crippen molar-refractivity contribution >= 4 is 39.6 Å². The molecule has 1 unspecified atom stereocenters. The summed E-state index contributed by atoms with van der Waals surface area (Å²) in [5.41, 5.74) is 1.01. The molecule has 7 heteroatoms. The molecule has 0 aliphatic carbocycles. The number of carbonyl (C=O) groups excluding carboxylic acids is 4. The molecule has 1 N–H and O–H groups in total. The van der Waals surface area contributed by atoms with Crippen LogP contribution in [0.3, 0.4) is 0 Å². The number of alkyl halides is 1. The highest BCUT2D eigenvalue weighted by Gasteiger charge is 2.45. The first kappa shape index (κ1) is 19.3. The second-order valence-corrected chi connectivity index (χ2v) is 7.27. The molecule has 3 rings (SSSR count). The number of hydrogen-bond donors (Lipinski definition) is 1. The van der Waals surface area contributed by atoms with Gasteiger partial charge < -0.3 is 0 Å². The molecule has 27 heavy (non-hydrogen) atoms. The molecular weight excluding hydrogens is 412 g/mol. The van der Waals surface area contributed by atoms with Gasteiger partial charge >= 0.3 is 0 Å². The van der Waals surface area contributed by atoms with Gasteiger partial charge in [0.2, 0.25) is 11.8 Å². The standard InChI is InChI=1S/C20H19BrN2O4/c21-12-5-3-1-2-4-7-13-8-6-9-14-17(13)20(27)23(19(14)26)15-10-11-16(24)22-18(15)25/h6,8-9,15H,1-3,5,10-12H2,(H,22,24,25). The molecule has 0 aromatic heterocycles. The van der Waals surface area contributed by atoms with E-state index in [1.54, 1.807) is 18.2 Å². The lowest BCUT2D eigenvalue weighted by Crippen LogP contribution is -2.54. The van der Waals surface area contributed by atoms with E-state index in [4.69, 9.17) is 0 Å². The van der Waals surface area contributed by atoms with Crippen molar-refractivity contribution in [2.45, 2.75) is 44.6 Å². The molecule has 1 aromatic carbocycles. The SMILES string of the molecule is O=C1CCC(N2C(=O)c3cccc(C#CCCCCCBr)c3C2=O)C(=O)N1. The van der Waals surface area contributed by atoms with Crippen molar-refractivity contribution in [3.05, 3.63) is 34.9 Å². The number of carbonyl (C=O) groups is 4. The van der Waals surface area contributed by atoms with Crippen LogP contribution in [0.25, 0.3) is 0 Å². The summed E-state index contributed by atoms with van der Waals surface area (Å²) >= 11 is 3.39. The number of hydrogen-bond acceptors (Lipinski definition) is 4. The summed E-state index contributed by atoms with van der Waals surface area (Å²) in [4.78, 5) is 50.0. The van der Waals surface area contributed by atoms with Gasteiger partial charge in [-0.3, -0.25) is 29.4 Å². The van der Waals surface area contributed by atoms with Gasteiger partial charge in [0.05, 0.1) is 11.1 Å². The van der Waals surface area contributed by atoms with Crippen molar-refractivity contribution in [2.24, 2.45) is 0 Å². The molecule has 1 saturated heterocycles. The van der Waals surface area contributed by atoms with Crippen molar-refractivity contribution in [1.29, 1.82) is 0 Å². The molecular formula is C20H19BrN2O4. The summed E-state index contributed by atoms with van der Waals surface area (Å²) in [5.74, 6) is 4.03. The van der Waals surface area contributed by atoms with Crippen molar-refractivity contribution in [3.63, 3.8) is 0 Å². The maximum Gasteiger partial charge on any atom is 0.263 e. The minimum Gasteiger partial charge on any atom is -0.295 e. The Morgan fingerprint density at radius 3 is 2.67 bits per heavy atom. The van der Waals surface area contributed by atoms with Crippen LogP contribution in [-0.2, 0) is 9.59 Å². The van der Waals surface area contributed by atoms with Crippen molar-refractivity contribution in [2.75, 3.05) is 5.33 Å². The maximum absolute atomic E-state index is 12.9. The molecule has 2 aliphatic rings. The summed E-state index contributed by atoms with van der Waals surface area (Å²) in [5, 5.41) is 3.16. The van der Waals surface area contributed by atoms with Crippen LogP contribution < -0.4 is 5.32 Å². The van der Waals surface area contributed by atoms with Crippen LogP contribution in [0.5, 0.6) is 0 Å². The third kappa shape index (κ3) is 3.96. The minimum absolute atomic E-state index is 0.102. The van der Waals surface area contributed by atoms with Crippen LogP contribution in [-0.4, -0.2) is 39.9 Å². The molecule has 0 spiro atoms. The predicted molar refractivity (Wildman–Crippen MR) is 102 cm³/mol. The first-order valence-electron chi connectivity index (χ1n) is 8.94. The quantitative estimate of drug-likeness (QED) is 0.336. The Labute approximate surface area is 165 Å². The van der Waals surface area contributed by atoms with Crippen LogP contribution in [0.2, 0.25) is 0 Å². The zero-order valence-electron chi connectivity index (χ0n) is 14.7. The van der Waals surface area contributed by atoms with E-state index in [9.17, 15) is 19.2 Å². The monoisotopic (exact) mass is 430 g/mol. The fourth-order valence-corrected chi connectivity index (χ4v) is 3.66. The van der Waals surface area contributed by atoms with Gasteiger partial charge in [0.1, 0.15) is 6.04 Å². The lowest BCUT2D eigenvalue weighted by molar-refractivity contribution is -0.136. The Morgan fingerprint density at radius 1 is 1.11 bits per heavy atom. The number of rotatable bonds is 5. The third-order valence-electron chi connectivity index (χ3n) is 4.63. The van der Waals surface area contributed by atoms with Crippen LogP contribution >= 0.6 is 15.9 Å². The van der Waals surface area contributed by atoms with Crippen molar-refractivity contribution in [3.8, 4) is 11.8 Å². The van der Waals surface area contributed by atoms with Crippen LogP contribution in [0.15, 0.2) is 18.2 Å². The van der Waals surface area contributed by atoms with Crippen LogP contribution in [0, 0.1) is 11.8 Å². The van der Waals surface area contributed by atoms with Gasteiger partial charge in [0.15, 0.2) is 0 Å². The lowest BCUT2D eigenvalue weighted by atomic mass is 10.0. The van der Waals surface area contributed by atoms with E-state index in [2.05, 4.69) is 33.1 Å². The average molecular weight is 431 g/mol. The highest BCUT2D eigenvalue weighted by atomic mass is 79.9. The number of unbranched alkanes of at least 4 members (excludes halogenated alkanes) is 3. The molecule has 2 heterocycles. The van der Waals surface area contributed by atoms with E-state index < -0.39 is 23.8 Å². The van der Waals surface area contributed by atoms with Gasteiger partial charge in [-0.1, -0.05) is 40.3 Å². The summed E-state index contributed by atoms with van der Waals surface area (Å²) < 4.78 is 0. The van der Waals surface area contributed by atoms with E-state index in [-0.39, 0.29) is 29.9 Å². The summed E-state index contributed by atoms with van der Waals surface area (Å²) in [6.07, 6.45) is 4.11. The molecule has 0 saturated carbocycles. The Balaban J connectivity index is 1.81. The van der Waals surface area contributed by atoms with Gasteiger partial charge in [-0.25, -0.2) is 0 Å². The molecule has 0 bridgehead atoms. The number of imide groups is 2. The van der Waals surface area contributed by atoms with Gasteiger partial charge in [-0.2, -0.15) is 0 Å². The Kier molecular flexibility index (Phi) is 6.07. The predicted octanol–water partition coefficient (Wildman–Crippen LogP) is 2.39. The second kappa shape index (κ2) is 8.49. The van der Waals surface area contributed by atoms with E-state index in [1.165, 1.54) is 0 Å². The zero-order valence-corrected chi connectivity index (χ0v) is 16.3. The van der Waals surface area contributed by atoms with E-state index in [0.29, 0.717) is 5.56 Å². The van der Waals surface area contributed by atoms with E-state index in [1.807, 2.05) is 0 Å². The third-order valence-corrected chi connectivity index (χ3v) is 5.19. The van der Waals surface area contributed by atoms with Gasteiger partial charge in [0, 0.05) is 23.7 Å². The van der Waals surface area contributed by atoms with Gasteiger partial charge in [0.25, 0.3) is 11.8 Å². The number of piperidine rings is 1. The minimum atomic E-state index is -0.958. The van der Waals surface area contributed by atoms with Crippen molar-refractivity contribution < 1.29 is 19.2 Å². The normalized spacial score (nSPS) is 18.9. The maximum atomic E-state index is 12.9. The molecule has 4 amide bonds. The van der Waals surface area contributed by atoms with Crippen LogP contribution in [0.4, 0.5) is 0 Å². The molecule has 1 aromatic rings. The molecule has 2 aliphatic heterocycles. The van der Waals surface area contributed by atoms with E-state index in [0.717, 1.165) is 35.9 Å². The molecule has 1 atom stereocenters. The number of nitrogens with zero attached hydrogens (tertiary/aromatic N) is 1. The average Bonchev–Trinajstić information content (AvgIpc) is 2.90. The number of halogens is 1. The topological polar surface area (TPSA) is 83.6 Å². The zero-order chi connectivity index (χ0) is 19.4. The Morgan fingerprint density at radius 2 is 1.93 bits per heavy atom. The number of amides is 4. The van der Waals surface area contributed by atoms with Crippen molar-refractivity contribution in [1.82, 2.24) is 10.2 Å². The number of benzene rings is 1. The summed E-state index contributed by atoms with van der Waals surface area (Å²) in [6.45, 7) is 0. The van der Waals surface area contributed by atoms with E-state index >= 15 is 0 Å². The number of fused-ring (bicyclic) bond motifs is 1. The fourth-order valence-electron chi connectivity index (χ4n) is 3.26. The molecule has 0 radical (unpaired) electrons. The molecule has 6 nitrogen and oxygen atoms in total. The Hall–Kier alpha value is -2.46. The summed E-state index contributed by atoms with van der Waals surface area (Å²) in [6, 6.07) is 4.01. The fraction of sp³-hybridized carbons (Fsp3) is 0.400. The number of nitrogens with one attached hydrogen (secondary N) is 1. The highest BCUT2D eigenvalue weighted by molar-refractivity contribution is 9.09. The molecule has 1 fully saturated rings. The van der Waals surface area contributed by atoms with Crippen LogP contribution in [0.1, 0.15) is 64.8 Å². The van der Waals surface area contributed by atoms with Gasteiger partial charge in [-0.05, 0) is 31.4 Å². The second-order valence-electron chi connectivity index (χ2n) is 6.48. The largest absolute Gasteiger partial charge is 0.295 e. The first-order valence-corrected chi connectivity index (χ1v) is 10.1. The lowest BCUT2D eigenvalue weighted by Gasteiger charge is -2.27. The van der Waals surface area contributed by atoms with Gasteiger partial charge in [-0.15, -0.1) is 0 Å². The highest BCUT2D eigenvalue weighted by Crippen LogP contribution is 2.29. The smallest absolute Gasteiger partial charge is 0.263 e. The molecule has 140 valence electrons.